The van der Waals surface area contributed by atoms with E-state index in [9.17, 15) is 14.4 Å². The first-order valence-corrected chi connectivity index (χ1v) is 9.48. The highest BCUT2D eigenvalue weighted by Gasteiger charge is 2.29. The van der Waals surface area contributed by atoms with E-state index >= 15 is 0 Å². The van der Waals surface area contributed by atoms with Crippen LogP contribution in [0.25, 0.3) is 0 Å². The van der Waals surface area contributed by atoms with E-state index in [2.05, 4.69) is 11.4 Å². The molecule has 0 bridgehead atoms. The van der Waals surface area contributed by atoms with Crippen molar-refractivity contribution in [3.8, 4) is 6.07 Å². The van der Waals surface area contributed by atoms with Crippen molar-refractivity contribution < 1.29 is 9.18 Å². The number of thioether (sulfide) groups is 1. The van der Waals surface area contributed by atoms with Gasteiger partial charge in [-0.1, -0.05) is 41.4 Å². The topological polar surface area (TPSA) is 52.9 Å². The second-order valence-electron chi connectivity index (χ2n) is 5.74. The molecule has 1 N–H and O–H groups in total. The van der Waals surface area contributed by atoms with E-state index in [1.54, 1.807) is 24.3 Å². The van der Waals surface area contributed by atoms with Gasteiger partial charge in [0.1, 0.15) is 5.82 Å². The predicted octanol–water partition coefficient (Wildman–Crippen LogP) is 5.40. The lowest BCUT2D eigenvalue weighted by Gasteiger charge is -2.25. The normalized spacial score (nSPS) is 17.0. The maximum Gasteiger partial charge on any atom is 0.225 e. The highest BCUT2D eigenvalue weighted by atomic mass is 35.5. The van der Waals surface area contributed by atoms with Crippen LogP contribution in [0.1, 0.15) is 23.5 Å². The summed E-state index contributed by atoms with van der Waals surface area (Å²) < 4.78 is 13.2. The monoisotopic (exact) mass is 406 g/mol. The molecule has 132 valence electrons. The van der Waals surface area contributed by atoms with Crippen molar-refractivity contribution in [2.75, 3.05) is 0 Å². The Bertz CT molecular complexity index is 922. The first-order valence-electron chi connectivity index (χ1n) is 7.74. The molecule has 2 aromatic rings. The number of nitrogens with one attached hydrogen (secondary N) is 1. The Kier molecular flexibility index (Phi) is 5.87. The molecule has 0 saturated heterocycles. The van der Waals surface area contributed by atoms with E-state index in [1.807, 2.05) is 6.07 Å². The molecule has 0 aliphatic carbocycles. The SMILES string of the molecule is N#CC1=C(SCc2ccc(Cl)cc2Cl)NC(=O)C[C@H]1c1ccc(F)cc1. The molecule has 26 heavy (non-hydrogen) atoms. The third-order valence-electron chi connectivity index (χ3n) is 4.02. The van der Waals surface area contributed by atoms with Crippen molar-refractivity contribution in [3.63, 3.8) is 0 Å². The van der Waals surface area contributed by atoms with E-state index in [0.717, 1.165) is 11.1 Å². The number of allylic oxidation sites excluding steroid dienone is 1. The summed E-state index contributed by atoms with van der Waals surface area (Å²) in [6.45, 7) is 0. The van der Waals surface area contributed by atoms with Crippen molar-refractivity contribution in [1.29, 1.82) is 5.26 Å². The fourth-order valence-electron chi connectivity index (χ4n) is 2.70. The second-order valence-corrected chi connectivity index (χ2v) is 7.56. The Morgan fingerprint density at radius 1 is 1.23 bits per heavy atom. The molecule has 0 spiro atoms. The number of hydrogen-bond donors (Lipinski definition) is 1. The molecule has 1 amide bonds. The lowest BCUT2D eigenvalue weighted by molar-refractivity contribution is -0.120. The standard InChI is InChI=1S/C19H13Cl2FN2OS/c20-13-4-1-12(17(21)7-13)10-26-19-16(9-23)15(8-18(25)24-19)11-2-5-14(22)6-3-11/h1-7,15H,8,10H2,(H,24,25)/t15-/m0/s1. The fourth-order valence-corrected chi connectivity index (χ4v) is 4.34. The third kappa shape index (κ3) is 4.21. The number of nitriles is 1. The number of rotatable bonds is 4. The Hall–Kier alpha value is -2.00. The largest absolute Gasteiger partial charge is 0.320 e. The van der Waals surface area contributed by atoms with Crippen molar-refractivity contribution in [1.82, 2.24) is 5.32 Å². The van der Waals surface area contributed by atoms with E-state index in [1.165, 1.54) is 23.9 Å². The molecule has 1 aliphatic rings. The highest BCUT2D eigenvalue weighted by Crippen LogP contribution is 2.37. The van der Waals surface area contributed by atoms with Crippen LogP contribution in [-0.4, -0.2) is 5.91 Å². The lowest BCUT2D eigenvalue weighted by Crippen LogP contribution is -2.30. The Morgan fingerprint density at radius 3 is 2.62 bits per heavy atom. The number of benzene rings is 2. The zero-order chi connectivity index (χ0) is 18.7. The first kappa shape index (κ1) is 18.8. The maximum absolute atomic E-state index is 13.2. The van der Waals surface area contributed by atoms with Crippen LogP contribution < -0.4 is 5.32 Å². The third-order valence-corrected chi connectivity index (χ3v) is 5.67. The van der Waals surface area contributed by atoms with Crippen LogP contribution in [0.3, 0.4) is 0 Å². The molecule has 0 radical (unpaired) electrons. The van der Waals surface area contributed by atoms with Gasteiger partial charge in [0.2, 0.25) is 5.91 Å². The van der Waals surface area contributed by atoms with Gasteiger partial charge in [0.25, 0.3) is 0 Å². The minimum absolute atomic E-state index is 0.153. The molecule has 1 heterocycles. The van der Waals surface area contributed by atoms with Gasteiger partial charge in [0.05, 0.1) is 16.7 Å². The van der Waals surface area contributed by atoms with Gasteiger partial charge in [-0.05, 0) is 35.4 Å². The number of halogens is 3. The Labute approximate surface area is 164 Å². The number of carbonyl (C=O) groups is 1. The summed E-state index contributed by atoms with van der Waals surface area (Å²) in [5.74, 6) is -0.448. The van der Waals surface area contributed by atoms with Gasteiger partial charge in [0, 0.05) is 28.1 Å². The summed E-state index contributed by atoms with van der Waals surface area (Å²) in [4.78, 5) is 12.1. The van der Waals surface area contributed by atoms with E-state index in [4.69, 9.17) is 23.2 Å². The Balaban J connectivity index is 1.88. The van der Waals surface area contributed by atoms with E-state index in [0.29, 0.717) is 26.4 Å². The van der Waals surface area contributed by atoms with Crippen LogP contribution in [0.2, 0.25) is 10.0 Å². The highest BCUT2D eigenvalue weighted by molar-refractivity contribution is 8.02. The molecule has 0 saturated carbocycles. The van der Waals surface area contributed by atoms with Gasteiger partial charge >= 0.3 is 0 Å². The van der Waals surface area contributed by atoms with Crippen molar-refractivity contribution >= 4 is 40.9 Å². The van der Waals surface area contributed by atoms with Crippen LogP contribution >= 0.6 is 35.0 Å². The molecule has 1 aliphatic heterocycles. The number of hydrogen-bond acceptors (Lipinski definition) is 3. The van der Waals surface area contributed by atoms with E-state index in [-0.39, 0.29) is 18.1 Å². The quantitative estimate of drug-likeness (QED) is 0.738. The van der Waals surface area contributed by atoms with Gasteiger partial charge in [-0.2, -0.15) is 5.26 Å². The molecule has 2 aromatic carbocycles. The molecular formula is C19H13Cl2FN2OS. The number of amides is 1. The van der Waals surface area contributed by atoms with Crippen LogP contribution in [0.5, 0.6) is 0 Å². The maximum atomic E-state index is 13.2. The number of carbonyl (C=O) groups excluding carboxylic acids is 1. The molecule has 0 fully saturated rings. The smallest absolute Gasteiger partial charge is 0.225 e. The summed E-state index contributed by atoms with van der Waals surface area (Å²) >= 11 is 13.4. The molecule has 3 rings (SSSR count). The van der Waals surface area contributed by atoms with E-state index < -0.39 is 5.92 Å². The minimum Gasteiger partial charge on any atom is -0.320 e. The summed E-state index contributed by atoms with van der Waals surface area (Å²) in [7, 11) is 0. The van der Waals surface area contributed by atoms with Crippen LogP contribution in [-0.2, 0) is 10.5 Å². The molecular weight excluding hydrogens is 394 g/mol. The summed E-state index contributed by atoms with van der Waals surface area (Å²) in [5, 5.41) is 14.0. The van der Waals surface area contributed by atoms with Crippen molar-refractivity contribution in [2.24, 2.45) is 0 Å². The van der Waals surface area contributed by atoms with Gasteiger partial charge in [-0.3, -0.25) is 4.79 Å². The molecule has 0 aromatic heterocycles. The minimum atomic E-state index is -0.391. The molecule has 1 atom stereocenters. The van der Waals surface area contributed by atoms with Gasteiger partial charge in [-0.25, -0.2) is 4.39 Å². The van der Waals surface area contributed by atoms with Gasteiger partial charge < -0.3 is 5.32 Å². The molecule has 0 unspecified atom stereocenters. The predicted molar refractivity (Wildman–Crippen MR) is 102 cm³/mol. The zero-order valence-corrected chi connectivity index (χ0v) is 15.8. The average molecular weight is 407 g/mol. The lowest BCUT2D eigenvalue weighted by atomic mass is 9.87. The first-order chi connectivity index (χ1) is 12.5. The second kappa shape index (κ2) is 8.13. The summed E-state index contributed by atoms with van der Waals surface area (Å²) in [6.07, 6.45) is 0.153. The number of nitrogens with zero attached hydrogens (tertiary/aromatic N) is 1. The summed E-state index contributed by atoms with van der Waals surface area (Å²) in [6, 6.07) is 13.3. The van der Waals surface area contributed by atoms with Crippen molar-refractivity contribution in [2.45, 2.75) is 18.1 Å². The molecule has 3 nitrogen and oxygen atoms in total. The zero-order valence-electron chi connectivity index (χ0n) is 13.4. The van der Waals surface area contributed by atoms with Crippen LogP contribution in [0.15, 0.2) is 53.1 Å². The summed E-state index contributed by atoms with van der Waals surface area (Å²) in [5.41, 5.74) is 2.05. The molecule has 7 heteroatoms. The Morgan fingerprint density at radius 2 is 1.96 bits per heavy atom. The fraction of sp³-hybridized carbons (Fsp3) is 0.158. The van der Waals surface area contributed by atoms with Gasteiger partial charge in [0.15, 0.2) is 0 Å². The average Bonchev–Trinajstić information content (AvgIpc) is 2.61. The van der Waals surface area contributed by atoms with Crippen LogP contribution in [0, 0.1) is 17.1 Å². The van der Waals surface area contributed by atoms with Crippen molar-refractivity contribution in [3.05, 3.63) is 80.1 Å². The van der Waals surface area contributed by atoms with Gasteiger partial charge in [-0.15, -0.1) is 11.8 Å². The van der Waals surface area contributed by atoms with Crippen LogP contribution in [0.4, 0.5) is 4.39 Å².